The molecule has 1 heterocycles. The zero-order valence-corrected chi connectivity index (χ0v) is 15.5. The quantitative estimate of drug-likeness (QED) is 0.781. The Bertz CT molecular complexity index is 822. The molecule has 6 heteroatoms. The molecule has 1 unspecified atom stereocenters. The van der Waals surface area contributed by atoms with Gasteiger partial charge in [-0.25, -0.2) is 4.39 Å². The van der Waals surface area contributed by atoms with Crippen molar-refractivity contribution in [2.75, 3.05) is 25.1 Å². The molecule has 0 radical (unpaired) electrons. The monoisotopic (exact) mass is 370 g/mol. The van der Waals surface area contributed by atoms with Crippen LogP contribution in [0.15, 0.2) is 48.5 Å². The molecule has 5 nitrogen and oxygen atoms in total. The van der Waals surface area contributed by atoms with E-state index in [0.717, 1.165) is 18.7 Å². The van der Waals surface area contributed by atoms with Crippen LogP contribution in [0.3, 0.4) is 0 Å². The number of rotatable bonds is 6. The fraction of sp³-hybridized carbons (Fsp3) is 0.333. The van der Waals surface area contributed by atoms with Gasteiger partial charge in [-0.1, -0.05) is 18.2 Å². The number of ether oxygens (including phenoxy) is 1. The van der Waals surface area contributed by atoms with E-state index in [4.69, 9.17) is 4.74 Å². The number of hydrogen-bond donors (Lipinski definition) is 0. The van der Waals surface area contributed by atoms with Crippen LogP contribution >= 0.6 is 0 Å². The molecule has 2 aromatic carbocycles. The number of hydrogen-bond acceptors (Lipinski definition) is 3. The van der Waals surface area contributed by atoms with E-state index in [0.29, 0.717) is 17.7 Å². The lowest BCUT2D eigenvalue weighted by molar-refractivity contribution is -0.134. The third kappa shape index (κ3) is 4.27. The van der Waals surface area contributed by atoms with Crippen LogP contribution in [0.25, 0.3) is 0 Å². The number of benzene rings is 2. The normalized spacial score (nSPS) is 14.9. The second kappa shape index (κ2) is 8.20. The van der Waals surface area contributed by atoms with E-state index in [-0.39, 0.29) is 24.2 Å². The summed E-state index contributed by atoms with van der Waals surface area (Å²) in [6, 6.07) is 13.1. The molecule has 2 amide bonds. The zero-order valence-electron chi connectivity index (χ0n) is 15.5. The summed E-state index contributed by atoms with van der Waals surface area (Å²) in [4.78, 5) is 27.4. The Hall–Kier alpha value is -2.89. The molecule has 1 saturated heterocycles. The Kier molecular flexibility index (Phi) is 5.74. The Morgan fingerprint density at radius 3 is 2.56 bits per heavy atom. The van der Waals surface area contributed by atoms with Gasteiger partial charge >= 0.3 is 0 Å². The zero-order chi connectivity index (χ0) is 19.4. The maximum absolute atomic E-state index is 13.9. The van der Waals surface area contributed by atoms with Crippen LogP contribution in [-0.4, -0.2) is 36.9 Å². The molecule has 0 aliphatic carbocycles. The smallest absolute Gasteiger partial charge is 0.260 e. The van der Waals surface area contributed by atoms with E-state index in [1.54, 1.807) is 49.2 Å². The second-order valence-corrected chi connectivity index (χ2v) is 6.63. The number of carbonyl (C=O) groups excluding carboxylic acids is 2. The lowest BCUT2D eigenvalue weighted by Gasteiger charge is -2.25. The minimum absolute atomic E-state index is 0.127. The lowest BCUT2D eigenvalue weighted by atomic mass is 10.1. The molecular formula is C21H23FN2O3. The highest BCUT2D eigenvalue weighted by molar-refractivity contribution is 5.95. The molecule has 0 aromatic heterocycles. The van der Waals surface area contributed by atoms with Crippen molar-refractivity contribution < 1.29 is 18.7 Å². The minimum atomic E-state index is -0.397. The van der Waals surface area contributed by atoms with Gasteiger partial charge in [0.25, 0.3) is 5.91 Å². The average Bonchev–Trinajstić information content (AvgIpc) is 3.11. The number of carbonyl (C=O) groups is 2. The average molecular weight is 370 g/mol. The van der Waals surface area contributed by atoms with Gasteiger partial charge in [-0.05, 0) is 43.7 Å². The topological polar surface area (TPSA) is 49.9 Å². The summed E-state index contributed by atoms with van der Waals surface area (Å²) >= 11 is 0. The minimum Gasteiger partial charge on any atom is -0.484 e. The standard InChI is InChI=1S/C21H23FN2O3/c1-15(18-6-3-4-7-19(18)22)23(2)21(26)14-27-17-11-9-16(10-12-17)24-13-5-8-20(24)25/h3-4,6-7,9-12,15H,5,8,13-14H2,1-2H3. The molecular weight excluding hydrogens is 347 g/mol. The molecule has 0 bridgehead atoms. The molecule has 2 aromatic rings. The first-order chi connectivity index (χ1) is 13.0. The number of likely N-dealkylation sites (N-methyl/N-ethyl adjacent to an activating group) is 1. The Morgan fingerprint density at radius 1 is 1.22 bits per heavy atom. The van der Waals surface area contributed by atoms with Crippen molar-refractivity contribution in [1.82, 2.24) is 4.90 Å². The molecule has 1 fully saturated rings. The van der Waals surface area contributed by atoms with E-state index in [1.165, 1.54) is 11.0 Å². The molecule has 142 valence electrons. The number of halogens is 1. The van der Waals surface area contributed by atoms with Crippen LogP contribution < -0.4 is 9.64 Å². The summed E-state index contributed by atoms with van der Waals surface area (Å²) in [6.07, 6.45) is 1.46. The van der Waals surface area contributed by atoms with Gasteiger partial charge in [-0.3, -0.25) is 9.59 Å². The number of nitrogens with zero attached hydrogens (tertiary/aromatic N) is 2. The maximum atomic E-state index is 13.9. The summed E-state index contributed by atoms with van der Waals surface area (Å²) in [5, 5.41) is 0. The number of amides is 2. The van der Waals surface area contributed by atoms with Gasteiger partial charge in [-0.15, -0.1) is 0 Å². The maximum Gasteiger partial charge on any atom is 0.260 e. The summed E-state index contributed by atoms with van der Waals surface area (Å²) in [5.74, 6) is 0.0930. The summed E-state index contributed by atoms with van der Waals surface area (Å²) < 4.78 is 19.5. The van der Waals surface area contributed by atoms with Crippen molar-refractivity contribution in [3.05, 3.63) is 59.9 Å². The van der Waals surface area contributed by atoms with Crippen LogP contribution in [0.4, 0.5) is 10.1 Å². The van der Waals surface area contributed by atoms with Crippen LogP contribution in [0.1, 0.15) is 31.4 Å². The molecule has 0 saturated carbocycles. The van der Waals surface area contributed by atoms with E-state index in [9.17, 15) is 14.0 Å². The van der Waals surface area contributed by atoms with Crippen LogP contribution in [-0.2, 0) is 9.59 Å². The fourth-order valence-electron chi connectivity index (χ4n) is 3.13. The summed E-state index contributed by atoms with van der Waals surface area (Å²) in [7, 11) is 1.63. The van der Waals surface area contributed by atoms with E-state index < -0.39 is 6.04 Å². The molecule has 27 heavy (non-hydrogen) atoms. The Labute approximate surface area is 158 Å². The van der Waals surface area contributed by atoms with Gasteiger partial charge in [-0.2, -0.15) is 0 Å². The van der Waals surface area contributed by atoms with Crippen molar-refractivity contribution in [3.8, 4) is 5.75 Å². The lowest BCUT2D eigenvalue weighted by Crippen LogP contribution is -2.34. The predicted octanol–water partition coefficient (Wildman–Crippen LogP) is 3.55. The van der Waals surface area contributed by atoms with Crippen molar-refractivity contribution in [3.63, 3.8) is 0 Å². The molecule has 0 spiro atoms. The molecule has 0 N–H and O–H groups in total. The third-order valence-electron chi connectivity index (χ3n) is 4.91. The number of anilines is 1. The van der Waals surface area contributed by atoms with Gasteiger partial charge in [0, 0.05) is 31.3 Å². The largest absolute Gasteiger partial charge is 0.484 e. The highest BCUT2D eigenvalue weighted by atomic mass is 19.1. The predicted molar refractivity (Wildman–Crippen MR) is 101 cm³/mol. The van der Waals surface area contributed by atoms with Crippen LogP contribution in [0.2, 0.25) is 0 Å². The highest BCUT2D eigenvalue weighted by Gasteiger charge is 2.22. The van der Waals surface area contributed by atoms with Crippen molar-refractivity contribution in [2.45, 2.75) is 25.8 Å². The van der Waals surface area contributed by atoms with E-state index >= 15 is 0 Å². The first kappa shape index (κ1) is 18.9. The van der Waals surface area contributed by atoms with Gasteiger partial charge in [0.2, 0.25) is 5.91 Å². The first-order valence-corrected chi connectivity index (χ1v) is 9.00. The van der Waals surface area contributed by atoms with Gasteiger partial charge < -0.3 is 14.5 Å². The first-order valence-electron chi connectivity index (χ1n) is 9.00. The van der Waals surface area contributed by atoms with Crippen LogP contribution in [0.5, 0.6) is 5.75 Å². The molecule has 3 rings (SSSR count). The van der Waals surface area contributed by atoms with Crippen molar-refractivity contribution >= 4 is 17.5 Å². The van der Waals surface area contributed by atoms with Crippen LogP contribution in [0, 0.1) is 5.82 Å². The Morgan fingerprint density at radius 2 is 1.93 bits per heavy atom. The van der Waals surface area contributed by atoms with Crippen molar-refractivity contribution in [2.24, 2.45) is 0 Å². The SMILES string of the molecule is CC(c1ccccc1F)N(C)C(=O)COc1ccc(N2CCCC2=O)cc1. The summed E-state index contributed by atoms with van der Waals surface area (Å²) in [5.41, 5.74) is 1.30. The second-order valence-electron chi connectivity index (χ2n) is 6.63. The summed E-state index contributed by atoms with van der Waals surface area (Å²) in [6.45, 7) is 2.37. The van der Waals surface area contributed by atoms with Gasteiger partial charge in [0.1, 0.15) is 11.6 Å². The molecule has 1 aliphatic heterocycles. The molecule has 1 atom stereocenters. The molecule has 1 aliphatic rings. The van der Waals surface area contributed by atoms with E-state index in [2.05, 4.69) is 0 Å². The van der Waals surface area contributed by atoms with Gasteiger partial charge in [0.15, 0.2) is 6.61 Å². The highest BCUT2D eigenvalue weighted by Crippen LogP contribution is 2.25. The third-order valence-corrected chi connectivity index (χ3v) is 4.91. The van der Waals surface area contributed by atoms with E-state index in [1.807, 2.05) is 12.1 Å². The van der Waals surface area contributed by atoms with Crippen molar-refractivity contribution in [1.29, 1.82) is 0 Å². The fourth-order valence-corrected chi connectivity index (χ4v) is 3.13. The Balaban J connectivity index is 1.57. The van der Waals surface area contributed by atoms with Gasteiger partial charge in [0.05, 0.1) is 6.04 Å².